The molecular weight excluding hydrogens is 404 g/mol. The summed E-state index contributed by atoms with van der Waals surface area (Å²) in [6, 6.07) is 11.6. The highest BCUT2D eigenvalue weighted by atomic mass is 35.5. The number of hydrogen-bond acceptors (Lipinski definition) is 5. The van der Waals surface area contributed by atoms with Crippen molar-refractivity contribution in [1.29, 1.82) is 0 Å². The summed E-state index contributed by atoms with van der Waals surface area (Å²) in [5.41, 5.74) is 1.03. The first-order valence-electron chi connectivity index (χ1n) is 8.25. The molecule has 0 heterocycles. The molecule has 0 unspecified atom stereocenters. The second-order valence-corrected chi connectivity index (χ2v) is 8.20. The van der Waals surface area contributed by atoms with Crippen LogP contribution in [-0.2, 0) is 19.6 Å². The van der Waals surface area contributed by atoms with E-state index in [1.165, 1.54) is 24.3 Å². The monoisotopic (exact) mass is 424 g/mol. The van der Waals surface area contributed by atoms with Gasteiger partial charge >= 0.3 is 0 Å². The number of rotatable bonds is 7. The van der Waals surface area contributed by atoms with E-state index >= 15 is 0 Å². The number of carbonyl (C=O) groups is 2. The van der Waals surface area contributed by atoms with Crippen LogP contribution < -0.4 is 15.8 Å². The summed E-state index contributed by atoms with van der Waals surface area (Å²) in [6.45, 7) is 1.66. The van der Waals surface area contributed by atoms with E-state index in [1.54, 1.807) is 43.1 Å². The predicted octanol–water partition coefficient (Wildman–Crippen LogP) is 1.88. The molecule has 2 amide bonds. The molecule has 0 aliphatic carbocycles. The van der Waals surface area contributed by atoms with Crippen LogP contribution in [0.1, 0.15) is 6.92 Å². The van der Waals surface area contributed by atoms with Gasteiger partial charge in [0.1, 0.15) is 0 Å². The summed E-state index contributed by atoms with van der Waals surface area (Å²) in [5, 5.41) is 11.0. The molecule has 0 aliphatic rings. The molecule has 2 aromatic rings. The van der Waals surface area contributed by atoms with Gasteiger partial charge in [-0.2, -0.15) is 0 Å². The quantitative estimate of drug-likeness (QED) is 0.626. The predicted molar refractivity (Wildman–Crippen MR) is 109 cm³/mol. The number of hydrogen-bond donors (Lipinski definition) is 3. The molecule has 0 saturated carbocycles. The molecule has 0 saturated heterocycles. The highest BCUT2D eigenvalue weighted by molar-refractivity contribution is 7.89. The first-order valence-corrected chi connectivity index (χ1v) is 10.2. The summed E-state index contributed by atoms with van der Waals surface area (Å²) >= 11 is 5.80. The normalized spacial score (nSPS) is 12.5. The zero-order valence-electron chi connectivity index (χ0n) is 15.3. The number of anilines is 2. The summed E-state index contributed by atoms with van der Waals surface area (Å²) in [6.07, 6.45) is 0. The van der Waals surface area contributed by atoms with Crippen LogP contribution >= 0.6 is 11.6 Å². The standard InChI is InChI=1S/C18H21ClN4O4S/c1-12(18(25)22-15-7-9-16(10-8-15)28(20,26)27)23(2)11-17(24)21-14-5-3-13(19)4-6-14/h3-10,12H,11H2,1-2H3,(H,21,24)(H,22,25)(H2,20,26,27)/t12-/m0/s1. The molecule has 0 radical (unpaired) electrons. The van der Waals surface area contributed by atoms with Gasteiger partial charge < -0.3 is 10.6 Å². The fourth-order valence-electron chi connectivity index (χ4n) is 2.27. The van der Waals surface area contributed by atoms with Crippen molar-refractivity contribution in [2.75, 3.05) is 24.2 Å². The third-order valence-corrected chi connectivity index (χ3v) is 5.19. The largest absolute Gasteiger partial charge is 0.325 e. The lowest BCUT2D eigenvalue weighted by Gasteiger charge is -2.23. The van der Waals surface area contributed by atoms with Crippen LogP contribution in [0.15, 0.2) is 53.4 Å². The minimum Gasteiger partial charge on any atom is -0.325 e. The number of carbonyl (C=O) groups excluding carboxylic acids is 2. The molecule has 28 heavy (non-hydrogen) atoms. The summed E-state index contributed by atoms with van der Waals surface area (Å²) in [4.78, 5) is 26.0. The highest BCUT2D eigenvalue weighted by Crippen LogP contribution is 2.15. The van der Waals surface area contributed by atoms with E-state index in [4.69, 9.17) is 16.7 Å². The van der Waals surface area contributed by atoms with Gasteiger partial charge in [0.05, 0.1) is 17.5 Å². The van der Waals surface area contributed by atoms with E-state index in [1.807, 2.05) is 0 Å². The number of benzene rings is 2. The topological polar surface area (TPSA) is 122 Å². The van der Waals surface area contributed by atoms with Crippen LogP contribution in [0.4, 0.5) is 11.4 Å². The minimum absolute atomic E-state index is 0.00156. The summed E-state index contributed by atoms with van der Waals surface area (Å²) < 4.78 is 22.5. The first-order chi connectivity index (χ1) is 13.1. The molecule has 0 aliphatic heterocycles. The second kappa shape index (κ2) is 9.16. The molecule has 4 N–H and O–H groups in total. The molecule has 10 heteroatoms. The zero-order valence-corrected chi connectivity index (χ0v) is 16.9. The number of nitrogens with one attached hydrogen (secondary N) is 2. The fourth-order valence-corrected chi connectivity index (χ4v) is 2.91. The van der Waals surface area contributed by atoms with Crippen LogP contribution in [0.2, 0.25) is 5.02 Å². The Morgan fingerprint density at radius 2 is 1.54 bits per heavy atom. The molecule has 0 bridgehead atoms. The lowest BCUT2D eigenvalue weighted by Crippen LogP contribution is -2.43. The Bertz CT molecular complexity index is 947. The number of sulfonamides is 1. The van der Waals surface area contributed by atoms with Crippen molar-refractivity contribution in [1.82, 2.24) is 4.90 Å². The zero-order chi connectivity index (χ0) is 20.9. The van der Waals surface area contributed by atoms with Gasteiger partial charge in [-0.05, 0) is 62.5 Å². The fraction of sp³-hybridized carbons (Fsp3) is 0.222. The molecule has 1 atom stereocenters. The first kappa shape index (κ1) is 21.8. The van der Waals surface area contributed by atoms with Crippen molar-refractivity contribution in [3.05, 3.63) is 53.6 Å². The van der Waals surface area contributed by atoms with Crippen LogP contribution in [0.3, 0.4) is 0 Å². The second-order valence-electron chi connectivity index (χ2n) is 6.20. The van der Waals surface area contributed by atoms with Crippen LogP contribution in [0.25, 0.3) is 0 Å². The van der Waals surface area contributed by atoms with Crippen molar-refractivity contribution in [2.45, 2.75) is 17.9 Å². The lowest BCUT2D eigenvalue weighted by molar-refractivity contribution is -0.122. The van der Waals surface area contributed by atoms with Crippen molar-refractivity contribution >= 4 is 44.8 Å². The van der Waals surface area contributed by atoms with Gasteiger partial charge in [-0.15, -0.1) is 0 Å². The Labute approximate surface area is 168 Å². The van der Waals surface area contributed by atoms with E-state index in [2.05, 4.69) is 10.6 Å². The Kier molecular flexibility index (Phi) is 7.14. The molecule has 0 spiro atoms. The number of halogens is 1. The van der Waals surface area contributed by atoms with Crippen LogP contribution in [0.5, 0.6) is 0 Å². The third-order valence-electron chi connectivity index (χ3n) is 4.01. The maximum Gasteiger partial charge on any atom is 0.241 e. The lowest BCUT2D eigenvalue weighted by atomic mass is 10.2. The van der Waals surface area contributed by atoms with Crippen molar-refractivity contribution in [3.63, 3.8) is 0 Å². The van der Waals surface area contributed by atoms with E-state index in [0.29, 0.717) is 16.4 Å². The third kappa shape index (κ3) is 6.31. The molecule has 2 rings (SSSR count). The van der Waals surface area contributed by atoms with Crippen molar-refractivity contribution < 1.29 is 18.0 Å². The van der Waals surface area contributed by atoms with E-state index in [0.717, 1.165) is 0 Å². The smallest absolute Gasteiger partial charge is 0.241 e. The molecule has 0 aromatic heterocycles. The average Bonchev–Trinajstić information content (AvgIpc) is 2.62. The number of nitrogens with two attached hydrogens (primary N) is 1. The highest BCUT2D eigenvalue weighted by Gasteiger charge is 2.20. The molecule has 2 aromatic carbocycles. The average molecular weight is 425 g/mol. The van der Waals surface area contributed by atoms with Gasteiger partial charge in [-0.3, -0.25) is 14.5 Å². The van der Waals surface area contributed by atoms with Crippen LogP contribution in [0, 0.1) is 0 Å². The van der Waals surface area contributed by atoms with Gasteiger partial charge in [0.2, 0.25) is 21.8 Å². The molecular formula is C18H21ClN4O4S. The van der Waals surface area contributed by atoms with E-state index in [9.17, 15) is 18.0 Å². The van der Waals surface area contributed by atoms with Gasteiger partial charge in [0.15, 0.2) is 0 Å². The van der Waals surface area contributed by atoms with Crippen molar-refractivity contribution in [3.8, 4) is 0 Å². The number of nitrogens with zero attached hydrogens (tertiary/aromatic N) is 1. The SMILES string of the molecule is C[C@@H](C(=O)Nc1ccc(S(N)(=O)=O)cc1)N(C)CC(=O)Nc1ccc(Cl)cc1. The number of primary sulfonamides is 1. The van der Waals surface area contributed by atoms with Crippen LogP contribution in [-0.4, -0.2) is 44.8 Å². The minimum atomic E-state index is -3.79. The maximum absolute atomic E-state index is 12.4. The Hall–Kier alpha value is -2.46. The summed E-state index contributed by atoms with van der Waals surface area (Å²) in [7, 11) is -2.14. The Morgan fingerprint density at radius 3 is 2.07 bits per heavy atom. The molecule has 150 valence electrons. The molecule has 8 nitrogen and oxygen atoms in total. The molecule has 0 fully saturated rings. The summed E-state index contributed by atoms with van der Waals surface area (Å²) in [5.74, 6) is -0.618. The van der Waals surface area contributed by atoms with Gasteiger partial charge in [0, 0.05) is 16.4 Å². The van der Waals surface area contributed by atoms with Gasteiger partial charge in [-0.1, -0.05) is 11.6 Å². The Balaban J connectivity index is 1.90. The number of likely N-dealkylation sites (N-methyl/N-ethyl adjacent to an activating group) is 1. The van der Waals surface area contributed by atoms with E-state index in [-0.39, 0.29) is 23.3 Å². The van der Waals surface area contributed by atoms with E-state index < -0.39 is 16.1 Å². The van der Waals surface area contributed by atoms with Gasteiger partial charge in [0.25, 0.3) is 0 Å². The van der Waals surface area contributed by atoms with Gasteiger partial charge in [-0.25, -0.2) is 13.6 Å². The Morgan fingerprint density at radius 1 is 1.04 bits per heavy atom. The number of amides is 2. The maximum atomic E-state index is 12.4. The van der Waals surface area contributed by atoms with Crippen molar-refractivity contribution in [2.24, 2.45) is 5.14 Å².